The van der Waals surface area contributed by atoms with Crippen molar-refractivity contribution in [3.63, 3.8) is 0 Å². The monoisotopic (exact) mass is 303 g/mol. The summed E-state index contributed by atoms with van der Waals surface area (Å²) in [6.45, 7) is 0.270. The summed E-state index contributed by atoms with van der Waals surface area (Å²) in [7, 11) is 0. The fraction of sp³-hybridized carbons (Fsp3) is 0.556. The van der Waals surface area contributed by atoms with Gasteiger partial charge in [-0.1, -0.05) is 49.6 Å². The number of rotatable bonds is 7. The Labute approximate surface area is 131 Å². The van der Waals surface area contributed by atoms with Crippen LogP contribution in [0.5, 0.6) is 0 Å². The maximum absolute atomic E-state index is 11.9. The first-order valence-electron chi connectivity index (χ1n) is 8.16. The van der Waals surface area contributed by atoms with Crippen molar-refractivity contribution < 1.29 is 14.7 Å². The van der Waals surface area contributed by atoms with E-state index in [2.05, 4.69) is 17.4 Å². The van der Waals surface area contributed by atoms with E-state index in [9.17, 15) is 14.7 Å². The average molecular weight is 303 g/mol. The van der Waals surface area contributed by atoms with E-state index < -0.39 is 11.4 Å². The Morgan fingerprint density at radius 1 is 1.09 bits per heavy atom. The zero-order valence-electron chi connectivity index (χ0n) is 13.0. The summed E-state index contributed by atoms with van der Waals surface area (Å²) in [5.41, 5.74) is 0.484. The van der Waals surface area contributed by atoms with E-state index in [-0.39, 0.29) is 12.5 Å². The van der Waals surface area contributed by atoms with Crippen LogP contribution in [0.15, 0.2) is 30.3 Å². The number of hydrogen-bond donors (Lipinski definition) is 2. The molecule has 2 N–H and O–H groups in total. The molecule has 0 aromatic heterocycles. The van der Waals surface area contributed by atoms with Gasteiger partial charge in [-0.3, -0.25) is 9.59 Å². The van der Waals surface area contributed by atoms with Crippen molar-refractivity contribution in [2.45, 2.75) is 51.4 Å². The van der Waals surface area contributed by atoms with Crippen molar-refractivity contribution >= 4 is 11.9 Å². The number of carbonyl (C=O) groups excluding carboxylic acids is 1. The molecule has 0 radical (unpaired) electrons. The van der Waals surface area contributed by atoms with E-state index in [4.69, 9.17) is 0 Å². The second-order valence-corrected chi connectivity index (χ2v) is 6.26. The summed E-state index contributed by atoms with van der Waals surface area (Å²) in [5, 5.41) is 12.3. The Bertz CT molecular complexity index is 492. The Morgan fingerprint density at radius 2 is 1.77 bits per heavy atom. The largest absolute Gasteiger partial charge is 0.481 e. The number of carboxylic acids is 1. The van der Waals surface area contributed by atoms with Crippen LogP contribution in [-0.2, 0) is 16.0 Å². The summed E-state index contributed by atoms with van der Waals surface area (Å²) >= 11 is 0. The van der Waals surface area contributed by atoms with Crippen LogP contribution >= 0.6 is 0 Å². The lowest BCUT2D eigenvalue weighted by Gasteiger charge is -2.33. The number of benzene rings is 1. The van der Waals surface area contributed by atoms with Crippen LogP contribution in [0, 0.1) is 5.41 Å². The van der Waals surface area contributed by atoms with Crippen LogP contribution < -0.4 is 5.32 Å². The van der Waals surface area contributed by atoms with E-state index in [1.54, 1.807) is 0 Å². The first-order chi connectivity index (χ1) is 10.6. The highest BCUT2D eigenvalue weighted by molar-refractivity contribution is 5.79. The van der Waals surface area contributed by atoms with Gasteiger partial charge in [0.2, 0.25) is 5.91 Å². The minimum atomic E-state index is -0.767. The molecule has 22 heavy (non-hydrogen) atoms. The Kier molecular flexibility index (Phi) is 5.99. The molecule has 1 aromatic carbocycles. The predicted molar refractivity (Wildman–Crippen MR) is 85.5 cm³/mol. The minimum absolute atomic E-state index is 0.0397. The van der Waals surface area contributed by atoms with Crippen LogP contribution in [0.2, 0.25) is 0 Å². The molecule has 1 amide bonds. The molecular weight excluding hydrogens is 278 g/mol. The summed E-state index contributed by atoms with van der Waals surface area (Å²) in [4.78, 5) is 23.5. The van der Waals surface area contributed by atoms with Crippen molar-refractivity contribution in [2.24, 2.45) is 5.41 Å². The predicted octanol–water partition coefficient (Wildman–Crippen LogP) is 3.16. The molecule has 2 rings (SSSR count). The minimum Gasteiger partial charge on any atom is -0.481 e. The quantitative estimate of drug-likeness (QED) is 0.813. The summed E-state index contributed by atoms with van der Waals surface area (Å²) in [6.07, 6.45) is 6.44. The third-order valence-electron chi connectivity index (χ3n) is 4.60. The van der Waals surface area contributed by atoms with E-state index in [1.807, 2.05) is 18.2 Å². The lowest BCUT2D eigenvalue weighted by atomic mass is 9.74. The molecule has 1 fully saturated rings. The van der Waals surface area contributed by atoms with Gasteiger partial charge in [0.25, 0.3) is 0 Å². The van der Waals surface area contributed by atoms with Crippen molar-refractivity contribution in [3.05, 3.63) is 35.9 Å². The third-order valence-corrected chi connectivity index (χ3v) is 4.60. The van der Waals surface area contributed by atoms with Crippen LogP contribution in [0.25, 0.3) is 0 Å². The zero-order valence-corrected chi connectivity index (χ0v) is 13.0. The number of carbonyl (C=O) groups is 2. The van der Waals surface area contributed by atoms with Crippen LogP contribution in [-0.4, -0.2) is 23.5 Å². The van der Waals surface area contributed by atoms with Gasteiger partial charge in [-0.15, -0.1) is 0 Å². The summed E-state index contributed by atoms with van der Waals surface area (Å²) in [6, 6.07) is 10.1. The normalized spacial score (nSPS) is 16.9. The Hall–Kier alpha value is -1.84. The van der Waals surface area contributed by atoms with Gasteiger partial charge in [-0.25, -0.2) is 0 Å². The van der Waals surface area contributed by atoms with Crippen LogP contribution in [0.3, 0.4) is 0 Å². The fourth-order valence-electron chi connectivity index (χ4n) is 3.15. The third kappa shape index (κ3) is 4.58. The first-order valence-corrected chi connectivity index (χ1v) is 8.16. The topological polar surface area (TPSA) is 66.4 Å². The summed E-state index contributed by atoms with van der Waals surface area (Å²) < 4.78 is 0. The van der Waals surface area contributed by atoms with Crippen LogP contribution in [0.1, 0.15) is 50.5 Å². The maximum Gasteiger partial charge on any atom is 0.311 e. The zero-order chi connectivity index (χ0) is 15.8. The standard InChI is InChI=1S/C18H25NO3/c20-16(11-7-10-15-8-3-1-4-9-15)19-14-18(17(21)22)12-5-2-6-13-18/h1,3-4,8-9H,2,5-7,10-14H2,(H,19,20)(H,21,22). The molecule has 120 valence electrons. The number of aryl methyl sites for hydroxylation is 1. The molecule has 1 aromatic rings. The molecule has 4 nitrogen and oxygen atoms in total. The molecule has 4 heteroatoms. The molecule has 0 heterocycles. The van der Waals surface area contributed by atoms with Gasteiger partial charge >= 0.3 is 5.97 Å². The second-order valence-electron chi connectivity index (χ2n) is 6.26. The van der Waals surface area contributed by atoms with E-state index >= 15 is 0 Å². The molecule has 0 saturated heterocycles. The van der Waals surface area contributed by atoms with E-state index in [0.29, 0.717) is 19.3 Å². The fourth-order valence-corrected chi connectivity index (χ4v) is 3.15. The second kappa shape index (κ2) is 7.97. The molecule has 0 atom stereocenters. The smallest absolute Gasteiger partial charge is 0.311 e. The maximum atomic E-state index is 11.9. The van der Waals surface area contributed by atoms with Gasteiger partial charge in [0.05, 0.1) is 5.41 Å². The molecule has 1 aliphatic rings. The molecule has 0 aliphatic heterocycles. The molecule has 0 spiro atoms. The van der Waals surface area contributed by atoms with Gasteiger partial charge in [-0.05, 0) is 31.2 Å². The molecule has 0 unspecified atom stereocenters. The number of hydrogen-bond acceptors (Lipinski definition) is 2. The number of amides is 1. The number of carboxylic acid groups (broad SMARTS) is 1. The van der Waals surface area contributed by atoms with Crippen LogP contribution in [0.4, 0.5) is 0 Å². The first kappa shape index (κ1) is 16.5. The highest BCUT2D eigenvalue weighted by Gasteiger charge is 2.39. The van der Waals surface area contributed by atoms with Gasteiger partial charge in [-0.2, -0.15) is 0 Å². The Morgan fingerprint density at radius 3 is 2.41 bits per heavy atom. The van der Waals surface area contributed by atoms with Crippen molar-refractivity contribution in [1.82, 2.24) is 5.32 Å². The molecular formula is C18H25NO3. The number of nitrogens with one attached hydrogen (secondary N) is 1. The Balaban J connectivity index is 1.73. The van der Waals surface area contributed by atoms with E-state index in [1.165, 1.54) is 5.56 Å². The van der Waals surface area contributed by atoms with Gasteiger partial charge in [0.1, 0.15) is 0 Å². The van der Waals surface area contributed by atoms with Gasteiger partial charge in [0, 0.05) is 13.0 Å². The number of aliphatic carboxylic acids is 1. The highest BCUT2D eigenvalue weighted by Crippen LogP contribution is 2.36. The van der Waals surface area contributed by atoms with Crippen molar-refractivity contribution in [1.29, 1.82) is 0 Å². The van der Waals surface area contributed by atoms with Crippen molar-refractivity contribution in [3.8, 4) is 0 Å². The van der Waals surface area contributed by atoms with Crippen molar-refractivity contribution in [2.75, 3.05) is 6.54 Å². The summed E-state index contributed by atoms with van der Waals surface area (Å²) in [5.74, 6) is -0.807. The van der Waals surface area contributed by atoms with Gasteiger partial charge < -0.3 is 10.4 Å². The molecule has 0 bridgehead atoms. The molecule has 1 saturated carbocycles. The highest BCUT2D eigenvalue weighted by atomic mass is 16.4. The lowest BCUT2D eigenvalue weighted by Crippen LogP contribution is -2.44. The SMILES string of the molecule is O=C(CCCc1ccccc1)NCC1(C(=O)O)CCCCC1. The van der Waals surface area contributed by atoms with E-state index in [0.717, 1.165) is 32.1 Å². The lowest BCUT2D eigenvalue weighted by molar-refractivity contribution is -0.151. The average Bonchev–Trinajstić information content (AvgIpc) is 2.55. The van der Waals surface area contributed by atoms with Gasteiger partial charge in [0.15, 0.2) is 0 Å². The molecule has 1 aliphatic carbocycles.